The van der Waals surface area contributed by atoms with Crippen LogP contribution in [0.5, 0.6) is 0 Å². The molecule has 12 rings (SSSR count). The van der Waals surface area contributed by atoms with E-state index in [0.29, 0.717) is 0 Å². The highest BCUT2D eigenvalue weighted by atomic mass is 16.2. The number of amides is 2. The molecular weight excluding hydrogens is 596 g/mol. The summed E-state index contributed by atoms with van der Waals surface area (Å²) >= 11 is 0. The SMILES string of the molecule is O=C1N(c2cccc3ccccc23)C2=CB3c4ccccc4-c4cc5c6c(c43)N2C(=CB6c2ccccc2-5)N1c1cccc2ccccc12. The lowest BCUT2D eigenvalue weighted by molar-refractivity contribution is 0.253. The maximum absolute atomic E-state index is 15.6. The van der Waals surface area contributed by atoms with Crippen LogP contribution in [0, 0.1) is 0 Å². The summed E-state index contributed by atoms with van der Waals surface area (Å²) in [4.78, 5) is 22.0. The first kappa shape index (κ1) is 25.8. The van der Waals surface area contributed by atoms with Crippen molar-refractivity contribution in [1.29, 1.82) is 0 Å². The van der Waals surface area contributed by atoms with Crippen LogP contribution in [-0.4, -0.2) is 19.5 Å². The number of nitrogens with zero attached hydrogens (tertiary/aromatic N) is 3. The standard InChI is InChI=1S/C43H25B2N3O/c49-43-46(36-21-9-13-26-11-1-3-15-28(26)36)38-24-44-34-19-7-5-17-30(34)32-23-33-31-18-6-8-20-35(31)45-25-39(48(38)42(40(32)44)41(33)45)47(43)37-22-10-14-27-12-2-4-16-29(27)37/h1-25H. The molecule has 6 heteroatoms. The number of anilines is 3. The third kappa shape index (κ3) is 3.10. The Balaban J connectivity index is 1.23. The van der Waals surface area contributed by atoms with Gasteiger partial charge in [0.2, 0.25) is 13.4 Å². The number of fused-ring (bicyclic) bond motifs is 8. The molecule has 1 fully saturated rings. The number of urea groups is 1. The van der Waals surface area contributed by atoms with Crippen LogP contribution < -0.4 is 36.6 Å². The highest BCUT2D eigenvalue weighted by Gasteiger charge is 2.53. The zero-order chi connectivity index (χ0) is 32.0. The quantitative estimate of drug-likeness (QED) is 0.196. The van der Waals surface area contributed by atoms with Crippen LogP contribution in [-0.2, 0) is 0 Å². The molecule has 0 saturated carbocycles. The van der Waals surface area contributed by atoms with Crippen molar-refractivity contribution < 1.29 is 4.79 Å². The summed E-state index contributed by atoms with van der Waals surface area (Å²) in [5.74, 6) is 6.49. The molecule has 49 heavy (non-hydrogen) atoms. The van der Waals surface area contributed by atoms with Gasteiger partial charge in [-0.2, -0.15) is 0 Å². The third-order valence-electron chi connectivity index (χ3n) is 11.3. The Kier molecular flexibility index (Phi) is 4.74. The first-order valence-electron chi connectivity index (χ1n) is 17.0. The zero-order valence-corrected chi connectivity index (χ0v) is 26.3. The van der Waals surface area contributed by atoms with E-state index in [9.17, 15) is 0 Å². The summed E-state index contributed by atoms with van der Waals surface area (Å²) < 4.78 is 0. The average molecular weight is 621 g/mol. The average Bonchev–Trinajstić information content (AvgIpc) is 3.65. The lowest BCUT2D eigenvalue weighted by atomic mass is 9.37. The highest BCUT2D eigenvalue weighted by Crippen LogP contribution is 2.48. The molecule has 0 spiro atoms. The molecule has 0 radical (unpaired) electrons. The molecule has 0 bridgehead atoms. The molecule has 7 aromatic carbocycles. The van der Waals surface area contributed by atoms with Gasteiger partial charge in [0.15, 0.2) is 0 Å². The second-order valence-corrected chi connectivity index (χ2v) is 13.6. The van der Waals surface area contributed by atoms with Crippen molar-refractivity contribution in [1.82, 2.24) is 0 Å². The summed E-state index contributed by atoms with van der Waals surface area (Å²) in [6.07, 6.45) is 0. The molecule has 1 saturated heterocycles. The van der Waals surface area contributed by atoms with E-state index >= 15 is 4.79 Å². The Morgan fingerprint density at radius 1 is 0.429 bits per heavy atom. The summed E-state index contributed by atoms with van der Waals surface area (Å²) in [6.45, 7) is 0.0756. The molecule has 0 atom stereocenters. The summed E-state index contributed by atoms with van der Waals surface area (Å²) in [5, 5.41) is 4.30. The first-order valence-corrected chi connectivity index (χ1v) is 17.0. The van der Waals surface area contributed by atoms with Gasteiger partial charge in [-0.1, -0.05) is 144 Å². The topological polar surface area (TPSA) is 26.8 Å². The molecule has 0 aromatic heterocycles. The lowest BCUT2D eigenvalue weighted by Gasteiger charge is -2.51. The summed E-state index contributed by atoms with van der Waals surface area (Å²) in [7, 11) is 0. The number of benzene rings is 7. The van der Waals surface area contributed by atoms with Gasteiger partial charge in [-0.05, 0) is 62.2 Å². The fourth-order valence-corrected chi connectivity index (χ4v) is 9.40. The van der Waals surface area contributed by atoms with Crippen molar-refractivity contribution in [2.75, 3.05) is 14.7 Å². The van der Waals surface area contributed by atoms with Gasteiger partial charge < -0.3 is 0 Å². The van der Waals surface area contributed by atoms with Crippen LogP contribution in [0.4, 0.5) is 21.9 Å². The largest absolute Gasteiger partial charge is 0.340 e. The van der Waals surface area contributed by atoms with E-state index in [0.717, 1.165) is 44.6 Å². The molecule has 2 amide bonds. The van der Waals surface area contributed by atoms with Crippen LogP contribution in [0.15, 0.2) is 163 Å². The Morgan fingerprint density at radius 3 is 1.41 bits per heavy atom. The molecule has 7 aromatic rings. The Hall–Kier alpha value is -6.26. The maximum Gasteiger partial charge on any atom is 0.340 e. The van der Waals surface area contributed by atoms with Gasteiger partial charge in [0.25, 0.3) is 0 Å². The molecule has 0 unspecified atom stereocenters. The van der Waals surface area contributed by atoms with Gasteiger partial charge in [-0.15, -0.1) is 0 Å². The van der Waals surface area contributed by atoms with E-state index in [-0.39, 0.29) is 19.5 Å². The van der Waals surface area contributed by atoms with E-state index < -0.39 is 0 Å². The Labute approximate surface area is 284 Å². The molecule has 5 heterocycles. The minimum absolute atomic E-state index is 0.0378. The number of hydrogen-bond acceptors (Lipinski definition) is 2. The summed E-state index contributed by atoms with van der Waals surface area (Å²) in [6, 6.07) is 49.4. The van der Waals surface area contributed by atoms with E-state index in [1.807, 2.05) is 9.80 Å². The van der Waals surface area contributed by atoms with Crippen molar-refractivity contribution >= 4 is 79.9 Å². The minimum Gasteiger partial charge on any atom is -0.284 e. The molecule has 0 N–H and O–H groups in total. The minimum atomic E-state index is -0.0812. The van der Waals surface area contributed by atoms with Crippen LogP contribution >= 0.6 is 0 Å². The zero-order valence-electron chi connectivity index (χ0n) is 26.3. The maximum atomic E-state index is 15.6. The molecule has 4 nitrogen and oxygen atoms in total. The van der Waals surface area contributed by atoms with Gasteiger partial charge in [0.05, 0.1) is 11.4 Å². The fraction of sp³-hybridized carbons (Fsp3) is 0. The molecule has 224 valence electrons. The number of carbonyl (C=O) groups is 1. The summed E-state index contributed by atoms with van der Waals surface area (Å²) in [5.41, 5.74) is 13.4. The first-order chi connectivity index (χ1) is 24.3. The Bertz CT molecular complexity index is 2560. The normalized spacial score (nSPS) is 15.8. The van der Waals surface area contributed by atoms with Crippen molar-refractivity contribution in [3.8, 4) is 22.3 Å². The number of rotatable bonds is 2. The smallest absolute Gasteiger partial charge is 0.284 e. The predicted octanol–water partition coefficient (Wildman–Crippen LogP) is 6.91. The van der Waals surface area contributed by atoms with E-state index in [1.165, 1.54) is 49.8 Å². The number of hydrogen-bond donors (Lipinski definition) is 0. The van der Waals surface area contributed by atoms with Crippen molar-refractivity contribution in [2.45, 2.75) is 0 Å². The van der Waals surface area contributed by atoms with Crippen molar-refractivity contribution in [2.24, 2.45) is 0 Å². The molecular formula is C43H25B2N3O. The van der Waals surface area contributed by atoms with Gasteiger partial charge in [-0.25, -0.2) is 14.6 Å². The molecule has 5 aliphatic rings. The van der Waals surface area contributed by atoms with Crippen LogP contribution in [0.3, 0.4) is 0 Å². The number of carbonyl (C=O) groups excluding carboxylic acids is 1. The van der Waals surface area contributed by atoms with Crippen LogP contribution in [0.25, 0.3) is 43.8 Å². The van der Waals surface area contributed by atoms with Crippen LogP contribution in [0.2, 0.25) is 0 Å². The second kappa shape index (κ2) is 9.00. The Morgan fingerprint density at radius 2 is 0.878 bits per heavy atom. The third-order valence-corrected chi connectivity index (χ3v) is 11.3. The molecule has 0 aliphatic carbocycles. The van der Waals surface area contributed by atoms with Gasteiger partial charge in [-0.3, -0.25) is 4.90 Å². The lowest BCUT2D eigenvalue weighted by Crippen LogP contribution is -2.64. The van der Waals surface area contributed by atoms with Gasteiger partial charge in [0.1, 0.15) is 11.6 Å². The van der Waals surface area contributed by atoms with Gasteiger partial charge in [0, 0.05) is 16.5 Å². The second-order valence-electron chi connectivity index (χ2n) is 13.6. The van der Waals surface area contributed by atoms with E-state index in [4.69, 9.17) is 0 Å². The highest BCUT2D eigenvalue weighted by molar-refractivity contribution is 6.99. The van der Waals surface area contributed by atoms with E-state index in [1.54, 1.807) is 0 Å². The van der Waals surface area contributed by atoms with Gasteiger partial charge >= 0.3 is 6.03 Å². The van der Waals surface area contributed by atoms with Crippen molar-refractivity contribution in [3.63, 3.8) is 0 Å². The molecule has 5 aliphatic heterocycles. The monoisotopic (exact) mass is 621 g/mol. The fourth-order valence-electron chi connectivity index (χ4n) is 9.40. The van der Waals surface area contributed by atoms with Crippen LogP contribution in [0.1, 0.15) is 0 Å². The predicted molar refractivity (Wildman–Crippen MR) is 204 cm³/mol. The van der Waals surface area contributed by atoms with Crippen molar-refractivity contribution in [3.05, 3.63) is 163 Å². The van der Waals surface area contributed by atoms with E-state index in [2.05, 4.69) is 156 Å².